The van der Waals surface area contributed by atoms with Crippen LogP contribution < -0.4 is 10.7 Å². The molecule has 1 amide bonds. The Kier molecular flexibility index (Phi) is 4.69. The number of nitrogens with zero attached hydrogens (tertiary/aromatic N) is 1. The lowest BCUT2D eigenvalue weighted by Crippen LogP contribution is -2.23. The number of benzene rings is 2. The largest absolute Gasteiger partial charge is 0.466 e. The maximum Gasteiger partial charge on any atom is 0.310 e. The molecule has 28 heavy (non-hydrogen) atoms. The smallest absolute Gasteiger partial charge is 0.310 e. The third kappa shape index (κ3) is 3.29. The summed E-state index contributed by atoms with van der Waals surface area (Å²) >= 11 is 0. The monoisotopic (exact) mass is 376 g/mol. The van der Waals surface area contributed by atoms with Gasteiger partial charge in [-0.25, -0.2) is 0 Å². The van der Waals surface area contributed by atoms with Crippen LogP contribution in [0.1, 0.15) is 28.4 Å². The van der Waals surface area contributed by atoms with E-state index in [4.69, 9.17) is 4.74 Å². The zero-order valence-corrected chi connectivity index (χ0v) is 15.5. The number of aryl methyl sites for hydroxylation is 2. The number of hydrogen-bond donors (Lipinski definition) is 1. The van der Waals surface area contributed by atoms with Gasteiger partial charge in [0.15, 0.2) is 0 Å². The number of ether oxygens (including phenoxy) is 1. The Balaban J connectivity index is 1.56. The molecular weight excluding hydrogens is 356 g/mol. The van der Waals surface area contributed by atoms with Gasteiger partial charge in [-0.15, -0.1) is 0 Å². The van der Waals surface area contributed by atoms with Gasteiger partial charge in [0.05, 0.1) is 18.5 Å². The topological polar surface area (TPSA) is 77.4 Å². The molecule has 1 N–H and O–H groups in total. The summed E-state index contributed by atoms with van der Waals surface area (Å²) < 4.78 is 6.90. The Labute approximate surface area is 161 Å². The van der Waals surface area contributed by atoms with Gasteiger partial charge in [-0.1, -0.05) is 24.3 Å². The highest BCUT2D eigenvalue weighted by Gasteiger charge is 2.20. The van der Waals surface area contributed by atoms with Crippen LogP contribution in [0.5, 0.6) is 0 Å². The number of anilines is 1. The summed E-state index contributed by atoms with van der Waals surface area (Å²) in [4.78, 5) is 37.1. The minimum absolute atomic E-state index is 0.127. The predicted octanol–water partition coefficient (Wildman–Crippen LogP) is 2.92. The average Bonchev–Trinajstić information content (AvgIpc) is 3.10. The van der Waals surface area contributed by atoms with Crippen molar-refractivity contribution in [1.82, 2.24) is 4.57 Å². The molecule has 2 heterocycles. The highest BCUT2D eigenvalue weighted by atomic mass is 16.5. The van der Waals surface area contributed by atoms with E-state index in [1.165, 1.54) is 0 Å². The summed E-state index contributed by atoms with van der Waals surface area (Å²) in [5, 5.41) is 3.35. The summed E-state index contributed by atoms with van der Waals surface area (Å²) in [6.07, 6.45) is 2.69. The maximum atomic E-state index is 12.8. The highest BCUT2D eigenvalue weighted by molar-refractivity contribution is 6.06. The molecule has 0 bridgehead atoms. The molecule has 0 saturated heterocycles. The van der Waals surface area contributed by atoms with Crippen LogP contribution in [0.15, 0.2) is 53.5 Å². The van der Waals surface area contributed by atoms with E-state index in [9.17, 15) is 14.4 Å². The second-order valence-corrected chi connectivity index (χ2v) is 6.76. The Hall–Kier alpha value is -3.41. The lowest BCUT2D eigenvalue weighted by atomic mass is 10.1. The van der Waals surface area contributed by atoms with E-state index in [0.717, 1.165) is 29.6 Å². The van der Waals surface area contributed by atoms with E-state index < -0.39 is 5.91 Å². The number of esters is 1. The molecule has 1 aliphatic rings. The molecule has 0 aliphatic carbocycles. The first-order chi connectivity index (χ1) is 13.6. The zero-order chi connectivity index (χ0) is 19.7. The van der Waals surface area contributed by atoms with Gasteiger partial charge in [0.2, 0.25) is 5.43 Å². The Bertz CT molecular complexity index is 1130. The third-order valence-corrected chi connectivity index (χ3v) is 4.91. The van der Waals surface area contributed by atoms with Gasteiger partial charge in [-0.2, -0.15) is 0 Å². The van der Waals surface area contributed by atoms with Gasteiger partial charge in [0.1, 0.15) is 5.56 Å². The Morgan fingerprint density at radius 1 is 1.14 bits per heavy atom. The number of hydrogen-bond acceptors (Lipinski definition) is 4. The molecule has 0 saturated carbocycles. The fraction of sp³-hybridized carbons (Fsp3) is 0.227. The van der Waals surface area contributed by atoms with Crippen LogP contribution in [0.2, 0.25) is 0 Å². The fourth-order valence-electron chi connectivity index (χ4n) is 3.60. The second-order valence-electron chi connectivity index (χ2n) is 6.76. The maximum absolute atomic E-state index is 12.8. The van der Waals surface area contributed by atoms with E-state index in [2.05, 4.69) is 5.32 Å². The molecule has 1 aliphatic heterocycles. The van der Waals surface area contributed by atoms with Gasteiger partial charge in [0.25, 0.3) is 5.91 Å². The number of aromatic nitrogens is 1. The highest BCUT2D eigenvalue weighted by Crippen LogP contribution is 2.24. The van der Waals surface area contributed by atoms with E-state index >= 15 is 0 Å². The summed E-state index contributed by atoms with van der Waals surface area (Å²) in [5.41, 5.74) is 3.29. The van der Waals surface area contributed by atoms with E-state index in [1.54, 1.807) is 43.5 Å². The molecular formula is C22H20N2O4. The average molecular weight is 376 g/mol. The second kappa shape index (κ2) is 7.31. The van der Waals surface area contributed by atoms with E-state index in [-0.39, 0.29) is 23.4 Å². The first kappa shape index (κ1) is 18.0. The number of nitrogens with one attached hydrogen (secondary N) is 1. The summed E-state index contributed by atoms with van der Waals surface area (Å²) in [6.45, 7) is 2.87. The quantitative estimate of drug-likeness (QED) is 0.695. The van der Waals surface area contributed by atoms with Crippen LogP contribution in [0.4, 0.5) is 5.69 Å². The van der Waals surface area contributed by atoms with Crippen LogP contribution in [0.3, 0.4) is 0 Å². The van der Waals surface area contributed by atoms with Crippen molar-refractivity contribution < 1.29 is 14.3 Å². The minimum atomic E-state index is -0.439. The number of pyridine rings is 1. The minimum Gasteiger partial charge on any atom is -0.466 e. The molecule has 3 aromatic rings. The van der Waals surface area contributed by atoms with Gasteiger partial charge >= 0.3 is 5.97 Å². The van der Waals surface area contributed by atoms with Crippen molar-refractivity contribution in [2.75, 3.05) is 11.9 Å². The molecule has 6 nitrogen and oxygen atoms in total. The van der Waals surface area contributed by atoms with Gasteiger partial charge in [-0.05, 0) is 42.7 Å². The SMILES string of the molecule is CCOC(=O)Cc1ccc(NC(=O)c2cn3c4c(cccc4c2=O)CC3)cc1. The van der Waals surface area contributed by atoms with Crippen LogP contribution in [0.25, 0.3) is 10.9 Å². The van der Waals surface area contributed by atoms with Gasteiger partial charge in [-0.3, -0.25) is 14.4 Å². The van der Waals surface area contributed by atoms with Crippen LogP contribution in [-0.2, 0) is 28.9 Å². The van der Waals surface area contributed by atoms with Crippen molar-refractivity contribution >= 4 is 28.5 Å². The molecule has 0 spiro atoms. The van der Waals surface area contributed by atoms with Crippen LogP contribution >= 0.6 is 0 Å². The molecule has 0 unspecified atom stereocenters. The van der Waals surface area contributed by atoms with Crippen molar-refractivity contribution in [3.05, 3.63) is 75.6 Å². The first-order valence-corrected chi connectivity index (χ1v) is 9.28. The van der Waals surface area contributed by atoms with Crippen molar-refractivity contribution in [3.8, 4) is 0 Å². The number of carbonyl (C=O) groups is 2. The van der Waals surface area contributed by atoms with Gasteiger partial charge in [0, 0.05) is 23.8 Å². The normalized spacial score (nSPS) is 12.2. The molecule has 2 aromatic carbocycles. The lowest BCUT2D eigenvalue weighted by molar-refractivity contribution is -0.142. The molecule has 6 heteroatoms. The Morgan fingerprint density at radius 2 is 1.93 bits per heavy atom. The summed E-state index contributed by atoms with van der Waals surface area (Å²) in [7, 11) is 0. The molecule has 0 fully saturated rings. The zero-order valence-electron chi connectivity index (χ0n) is 15.5. The van der Waals surface area contributed by atoms with E-state index in [1.807, 2.05) is 16.7 Å². The van der Waals surface area contributed by atoms with Crippen molar-refractivity contribution in [2.24, 2.45) is 0 Å². The Morgan fingerprint density at radius 3 is 2.68 bits per heavy atom. The van der Waals surface area contributed by atoms with Crippen molar-refractivity contribution in [2.45, 2.75) is 26.3 Å². The van der Waals surface area contributed by atoms with Crippen molar-refractivity contribution in [3.63, 3.8) is 0 Å². The third-order valence-electron chi connectivity index (χ3n) is 4.91. The van der Waals surface area contributed by atoms with Gasteiger partial charge < -0.3 is 14.6 Å². The molecule has 4 rings (SSSR count). The number of para-hydroxylation sites is 1. The van der Waals surface area contributed by atoms with Crippen molar-refractivity contribution in [1.29, 1.82) is 0 Å². The fourth-order valence-corrected chi connectivity index (χ4v) is 3.60. The molecule has 0 radical (unpaired) electrons. The van der Waals surface area contributed by atoms with Crippen LogP contribution in [-0.4, -0.2) is 23.1 Å². The number of rotatable bonds is 5. The lowest BCUT2D eigenvalue weighted by Gasteiger charge is -2.10. The summed E-state index contributed by atoms with van der Waals surface area (Å²) in [5.74, 6) is -0.730. The predicted molar refractivity (Wildman–Crippen MR) is 107 cm³/mol. The van der Waals surface area contributed by atoms with Crippen LogP contribution in [0, 0.1) is 0 Å². The molecule has 1 aromatic heterocycles. The molecule has 0 atom stereocenters. The van der Waals surface area contributed by atoms with E-state index in [0.29, 0.717) is 17.7 Å². The first-order valence-electron chi connectivity index (χ1n) is 9.28. The number of amides is 1. The molecule has 142 valence electrons. The standard InChI is InChI=1S/C22H20N2O4/c1-2-28-19(25)12-14-6-8-16(9-7-14)23-22(27)18-13-24-11-10-15-4-3-5-17(20(15)24)21(18)26/h3-9,13H,2,10-12H2,1H3,(H,23,27). The number of carbonyl (C=O) groups excluding carboxylic acids is 2. The summed E-state index contributed by atoms with van der Waals surface area (Å²) in [6, 6.07) is 12.6.